The van der Waals surface area contributed by atoms with Crippen LogP contribution in [-0.4, -0.2) is 55.3 Å². The van der Waals surface area contributed by atoms with E-state index in [9.17, 15) is 9.59 Å². The van der Waals surface area contributed by atoms with Crippen molar-refractivity contribution in [1.82, 2.24) is 9.80 Å². The molecule has 0 N–H and O–H groups in total. The van der Waals surface area contributed by atoms with E-state index in [0.29, 0.717) is 10.0 Å². The summed E-state index contributed by atoms with van der Waals surface area (Å²) in [6.45, 7) is 0. The standard InChI is InChI=1S/C27H19Cl2N3O2SSe/c1-30-25(33)21(26(34)31(2)27(30)35)15-18-11-14-24(36-18)32(17-9-7-16(28)8-10-17)23-13-12-22(29)19-5-3-4-6-20(19)23/h3-15H,1-2H3. The molecule has 5 nitrogen and oxygen atoms in total. The first-order chi connectivity index (χ1) is 17.3. The van der Waals surface area contributed by atoms with E-state index in [0.717, 1.165) is 31.1 Å². The van der Waals surface area contributed by atoms with Crippen molar-refractivity contribution in [3.63, 3.8) is 0 Å². The van der Waals surface area contributed by atoms with E-state index in [1.807, 2.05) is 72.8 Å². The normalized spacial score (nSPS) is 14.1. The minimum atomic E-state index is -0.397. The van der Waals surface area contributed by atoms with Crippen LogP contribution in [0.25, 0.3) is 16.8 Å². The van der Waals surface area contributed by atoms with Gasteiger partial charge in [-0.3, -0.25) is 0 Å². The van der Waals surface area contributed by atoms with Crippen LogP contribution in [-0.2, 0) is 9.59 Å². The van der Waals surface area contributed by atoms with Crippen LogP contribution in [0.15, 0.2) is 78.4 Å². The number of carbonyl (C=O) groups excluding carboxylic acids is 2. The van der Waals surface area contributed by atoms with Gasteiger partial charge in [0.25, 0.3) is 0 Å². The Morgan fingerprint density at radius 2 is 1.47 bits per heavy atom. The van der Waals surface area contributed by atoms with Crippen molar-refractivity contribution < 1.29 is 9.59 Å². The number of hydrogen-bond donors (Lipinski definition) is 0. The van der Waals surface area contributed by atoms with Crippen LogP contribution in [0, 0.1) is 0 Å². The Kier molecular flexibility index (Phi) is 6.77. The van der Waals surface area contributed by atoms with Gasteiger partial charge in [-0.1, -0.05) is 0 Å². The number of likely N-dealkylation sites (N-methyl/N-ethyl adjacent to an activating group) is 2. The second-order valence-corrected chi connectivity index (χ2v) is 11.7. The average Bonchev–Trinajstić information content (AvgIpc) is 3.35. The number of rotatable bonds is 4. The van der Waals surface area contributed by atoms with Gasteiger partial charge in [-0.25, -0.2) is 0 Å². The average molecular weight is 599 g/mol. The molecule has 1 fully saturated rings. The Hall–Kier alpha value is -2.93. The number of hydrogen-bond acceptors (Lipinski definition) is 4. The van der Waals surface area contributed by atoms with Crippen molar-refractivity contribution in [2.24, 2.45) is 0 Å². The molecule has 3 aromatic carbocycles. The SMILES string of the molecule is CN1C(=O)C(=Cc2ccc(N(c3ccc(Cl)cc3)c3ccc(Cl)c4ccccc34)[se]2)C(=O)N(C)C1=S. The molecule has 1 aromatic heterocycles. The van der Waals surface area contributed by atoms with Crippen LogP contribution in [0.2, 0.25) is 10.0 Å². The molecule has 4 aromatic rings. The van der Waals surface area contributed by atoms with E-state index in [1.54, 1.807) is 20.2 Å². The molecule has 0 unspecified atom stereocenters. The van der Waals surface area contributed by atoms with Crippen molar-refractivity contribution in [1.29, 1.82) is 0 Å². The summed E-state index contributed by atoms with van der Waals surface area (Å²) in [7, 11) is 3.15. The summed E-state index contributed by atoms with van der Waals surface area (Å²) >= 11 is 17.7. The first-order valence-electron chi connectivity index (χ1n) is 10.9. The number of nitrogens with zero attached hydrogens (tertiary/aromatic N) is 3. The molecule has 0 bridgehead atoms. The Bertz CT molecular complexity index is 1540. The van der Waals surface area contributed by atoms with E-state index >= 15 is 0 Å². The fourth-order valence-electron chi connectivity index (χ4n) is 4.07. The number of benzene rings is 3. The first-order valence-corrected chi connectivity index (χ1v) is 13.8. The Morgan fingerprint density at radius 1 is 0.833 bits per heavy atom. The van der Waals surface area contributed by atoms with Gasteiger partial charge in [0.2, 0.25) is 0 Å². The fraction of sp³-hybridized carbons (Fsp3) is 0.0741. The van der Waals surface area contributed by atoms with Crippen LogP contribution in [0.5, 0.6) is 0 Å². The summed E-state index contributed by atoms with van der Waals surface area (Å²) in [4.78, 5) is 30.4. The summed E-state index contributed by atoms with van der Waals surface area (Å²) in [5, 5.41) is 3.49. The predicted molar refractivity (Wildman–Crippen MR) is 152 cm³/mol. The second kappa shape index (κ2) is 9.85. The molecule has 9 heteroatoms. The molecule has 1 aliphatic heterocycles. The van der Waals surface area contributed by atoms with Crippen LogP contribution in [0.3, 0.4) is 0 Å². The molecule has 1 saturated heterocycles. The molecule has 2 amide bonds. The van der Waals surface area contributed by atoms with Crippen molar-refractivity contribution in [2.75, 3.05) is 19.0 Å². The zero-order valence-electron chi connectivity index (χ0n) is 19.2. The van der Waals surface area contributed by atoms with E-state index < -0.39 is 11.8 Å². The summed E-state index contributed by atoms with van der Waals surface area (Å²) in [5.41, 5.74) is 2.02. The minimum absolute atomic E-state index is 0.103. The second-order valence-electron chi connectivity index (χ2n) is 8.17. The van der Waals surface area contributed by atoms with E-state index in [1.165, 1.54) is 9.80 Å². The van der Waals surface area contributed by atoms with Crippen molar-refractivity contribution >= 4 is 99.6 Å². The van der Waals surface area contributed by atoms with E-state index in [4.69, 9.17) is 35.4 Å². The van der Waals surface area contributed by atoms with Crippen LogP contribution >= 0.6 is 35.4 Å². The van der Waals surface area contributed by atoms with Gasteiger partial charge in [0, 0.05) is 0 Å². The molecule has 0 aliphatic carbocycles. The van der Waals surface area contributed by atoms with Gasteiger partial charge in [-0.2, -0.15) is 0 Å². The molecular formula is C27H19Cl2N3O2SSe. The monoisotopic (exact) mass is 599 g/mol. The predicted octanol–water partition coefficient (Wildman–Crippen LogP) is 6.27. The van der Waals surface area contributed by atoms with Gasteiger partial charge in [0.15, 0.2) is 0 Å². The summed E-state index contributed by atoms with van der Waals surface area (Å²) in [6, 6.07) is 23.5. The number of anilines is 3. The zero-order valence-corrected chi connectivity index (χ0v) is 23.3. The summed E-state index contributed by atoms with van der Waals surface area (Å²) in [6.07, 6.45) is 1.68. The van der Waals surface area contributed by atoms with E-state index in [-0.39, 0.29) is 25.2 Å². The van der Waals surface area contributed by atoms with Gasteiger partial charge in [0.05, 0.1) is 0 Å². The summed E-state index contributed by atoms with van der Waals surface area (Å²) < 4.78 is 1.94. The molecular weight excluding hydrogens is 580 g/mol. The number of thiocarbonyl (C=S) groups is 1. The molecule has 0 spiro atoms. The van der Waals surface area contributed by atoms with Gasteiger partial charge in [-0.05, 0) is 0 Å². The molecule has 36 heavy (non-hydrogen) atoms. The Balaban J connectivity index is 1.63. The molecule has 5 rings (SSSR count). The first kappa shape index (κ1) is 24.8. The summed E-state index contributed by atoms with van der Waals surface area (Å²) in [5.74, 6) is -0.794. The van der Waals surface area contributed by atoms with Gasteiger partial charge >= 0.3 is 231 Å². The van der Waals surface area contributed by atoms with Crippen LogP contribution in [0.4, 0.5) is 15.9 Å². The van der Waals surface area contributed by atoms with Gasteiger partial charge < -0.3 is 0 Å². The van der Waals surface area contributed by atoms with Crippen LogP contribution < -0.4 is 4.90 Å². The maximum absolute atomic E-state index is 12.8. The third-order valence-corrected chi connectivity index (χ3v) is 9.20. The third kappa shape index (κ3) is 4.38. The number of carbonyl (C=O) groups is 2. The van der Waals surface area contributed by atoms with E-state index in [2.05, 4.69) is 4.90 Å². The molecule has 0 radical (unpaired) electrons. The number of fused-ring (bicyclic) bond motifs is 1. The Morgan fingerprint density at radius 3 is 2.14 bits per heavy atom. The number of halogens is 2. The third-order valence-electron chi connectivity index (χ3n) is 5.94. The van der Waals surface area contributed by atoms with Gasteiger partial charge in [0.1, 0.15) is 0 Å². The molecule has 0 atom stereocenters. The quantitative estimate of drug-likeness (QED) is 0.120. The molecule has 180 valence electrons. The molecule has 2 heterocycles. The van der Waals surface area contributed by atoms with Crippen molar-refractivity contribution in [3.8, 4) is 0 Å². The van der Waals surface area contributed by atoms with Gasteiger partial charge in [-0.15, -0.1) is 0 Å². The van der Waals surface area contributed by atoms with Crippen molar-refractivity contribution in [2.45, 2.75) is 0 Å². The fourth-order valence-corrected chi connectivity index (χ4v) is 6.66. The number of amides is 2. The van der Waals surface area contributed by atoms with Crippen molar-refractivity contribution in [3.05, 3.63) is 92.9 Å². The Labute approximate surface area is 229 Å². The topological polar surface area (TPSA) is 43.9 Å². The maximum atomic E-state index is 12.8. The zero-order chi connectivity index (χ0) is 25.6. The molecule has 0 saturated carbocycles. The molecule has 1 aliphatic rings. The van der Waals surface area contributed by atoms with Crippen LogP contribution in [0.1, 0.15) is 4.44 Å².